The molecule has 0 spiro atoms. The van der Waals surface area contributed by atoms with E-state index in [1.807, 2.05) is 0 Å². The summed E-state index contributed by atoms with van der Waals surface area (Å²) < 4.78 is 6.46. The van der Waals surface area contributed by atoms with Gasteiger partial charge in [-0.2, -0.15) is 0 Å². The van der Waals surface area contributed by atoms with Crippen LogP contribution in [0.3, 0.4) is 0 Å². The minimum atomic E-state index is -0.181. The van der Waals surface area contributed by atoms with E-state index < -0.39 is 0 Å². The van der Waals surface area contributed by atoms with Crippen LogP contribution in [0.1, 0.15) is 135 Å². The van der Waals surface area contributed by atoms with Crippen LogP contribution in [0.25, 0.3) is 0 Å². The minimum Gasteiger partial charge on any atom is -0.494 e. The maximum absolute atomic E-state index is 13.5. The molecular formula is C36H53NO3. The Bertz CT molecular complexity index is 1060. The zero-order valence-corrected chi connectivity index (χ0v) is 25.2. The Labute approximate surface area is 242 Å². The molecule has 4 heteroatoms. The second kappa shape index (κ2) is 11.9. The fourth-order valence-corrected chi connectivity index (χ4v) is 10.4. The SMILES string of the molecule is CCCC(NC1CCCCC1)c1cccc(OCC[C@]23CCC4C(CCC5CC(=O)CC[C@@]54C)C2CCC3=O)c1. The highest BCUT2D eigenvalue weighted by Gasteiger charge is 2.61. The van der Waals surface area contributed by atoms with E-state index in [9.17, 15) is 9.59 Å². The van der Waals surface area contributed by atoms with E-state index >= 15 is 0 Å². The Morgan fingerprint density at radius 2 is 1.82 bits per heavy atom. The van der Waals surface area contributed by atoms with E-state index in [-0.39, 0.29) is 5.41 Å². The smallest absolute Gasteiger partial charge is 0.139 e. The van der Waals surface area contributed by atoms with Gasteiger partial charge in [-0.1, -0.05) is 51.7 Å². The summed E-state index contributed by atoms with van der Waals surface area (Å²) in [6.45, 7) is 5.40. The second-order valence-corrected chi connectivity index (χ2v) is 14.6. The molecule has 5 aliphatic carbocycles. The summed E-state index contributed by atoms with van der Waals surface area (Å²) in [5, 5.41) is 3.98. The number of fused-ring (bicyclic) bond motifs is 5. The number of ether oxygens (including phenoxy) is 1. The summed E-state index contributed by atoms with van der Waals surface area (Å²) in [7, 11) is 0. The molecule has 6 rings (SSSR count). The molecule has 4 nitrogen and oxygen atoms in total. The van der Waals surface area contributed by atoms with Crippen LogP contribution in [0.2, 0.25) is 0 Å². The summed E-state index contributed by atoms with van der Waals surface area (Å²) in [6, 6.07) is 9.79. The van der Waals surface area contributed by atoms with Crippen molar-refractivity contribution in [1.82, 2.24) is 5.32 Å². The lowest BCUT2D eigenvalue weighted by molar-refractivity contribution is -0.147. The van der Waals surface area contributed by atoms with Gasteiger partial charge in [-0.05, 0) is 111 Å². The van der Waals surface area contributed by atoms with Crippen molar-refractivity contribution in [2.24, 2.45) is 34.5 Å². The van der Waals surface area contributed by atoms with Crippen molar-refractivity contribution in [2.75, 3.05) is 6.61 Å². The van der Waals surface area contributed by atoms with Gasteiger partial charge in [0.15, 0.2) is 0 Å². The molecule has 5 fully saturated rings. The van der Waals surface area contributed by atoms with Gasteiger partial charge in [0.2, 0.25) is 0 Å². The largest absolute Gasteiger partial charge is 0.494 e. The number of hydrogen-bond donors (Lipinski definition) is 1. The highest BCUT2D eigenvalue weighted by Crippen LogP contribution is 2.66. The van der Waals surface area contributed by atoms with Crippen LogP contribution in [-0.4, -0.2) is 24.2 Å². The molecule has 0 bridgehead atoms. The number of carbonyl (C=O) groups is 2. The number of hydrogen-bond acceptors (Lipinski definition) is 4. The average molecular weight is 548 g/mol. The number of ketones is 2. The van der Waals surface area contributed by atoms with Crippen molar-refractivity contribution >= 4 is 11.6 Å². The normalized spacial score (nSPS) is 37.0. The molecule has 220 valence electrons. The molecule has 1 aromatic carbocycles. The minimum absolute atomic E-state index is 0.181. The first-order valence-electron chi connectivity index (χ1n) is 17.0. The maximum atomic E-state index is 13.5. The summed E-state index contributed by atoms with van der Waals surface area (Å²) in [5.41, 5.74) is 1.46. The molecule has 5 saturated carbocycles. The van der Waals surface area contributed by atoms with E-state index in [4.69, 9.17) is 4.74 Å². The van der Waals surface area contributed by atoms with Crippen LogP contribution in [0.4, 0.5) is 0 Å². The van der Waals surface area contributed by atoms with Gasteiger partial charge in [0.05, 0.1) is 6.61 Å². The van der Waals surface area contributed by atoms with Gasteiger partial charge in [0.25, 0.3) is 0 Å². The first-order valence-corrected chi connectivity index (χ1v) is 17.0. The van der Waals surface area contributed by atoms with Gasteiger partial charge in [-0.15, -0.1) is 0 Å². The van der Waals surface area contributed by atoms with Crippen molar-refractivity contribution in [3.8, 4) is 5.75 Å². The molecule has 1 N–H and O–H groups in total. The quantitative estimate of drug-likeness (QED) is 0.337. The van der Waals surface area contributed by atoms with Crippen LogP contribution in [0, 0.1) is 34.5 Å². The lowest BCUT2D eigenvalue weighted by atomic mass is 9.45. The van der Waals surface area contributed by atoms with Crippen molar-refractivity contribution in [2.45, 2.75) is 135 Å². The van der Waals surface area contributed by atoms with Gasteiger partial charge < -0.3 is 10.1 Å². The molecule has 5 unspecified atom stereocenters. The van der Waals surface area contributed by atoms with Crippen molar-refractivity contribution in [3.05, 3.63) is 29.8 Å². The second-order valence-electron chi connectivity index (χ2n) is 14.6. The predicted molar refractivity (Wildman–Crippen MR) is 160 cm³/mol. The van der Waals surface area contributed by atoms with Crippen LogP contribution < -0.4 is 10.1 Å². The van der Waals surface area contributed by atoms with Gasteiger partial charge in [-0.25, -0.2) is 0 Å². The molecular weight excluding hydrogens is 494 g/mol. The molecule has 0 aliphatic heterocycles. The zero-order chi connectivity index (χ0) is 27.7. The maximum Gasteiger partial charge on any atom is 0.139 e. The molecule has 0 amide bonds. The van der Waals surface area contributed by atoms with E-state index in [1.54, 1.807) is 0 Å². The summed E-state index contributed by atoms with van der Waals surface area (Å²) in [5.74, 6) is 4.37. The predicted octanol–water partition coefficient (Wildman–Crippen LogP) is 8.38. The highest BCUT2D eigenvalue weighted by atomic mass is 16.5. The van der Waals surface area contributed by atoms with Crippen molar-refractivity contribution in [3.63, 3.8) is 0 Å². The molecule has 0 radical (unpaired) electrons. The first kappa shape index (κ1) is 28.4. The Morgan fingerprint density at radius 3 is 2.65 bits per heavy atom. The third-order valence-corrected chi connectivity index (χ3v) is 12.6. The number of nitrogens with one attached hydrogen (secondary N) is 1. The summed E-state index contributed by atoms with van der Waals surface area (Å²) in [6.07, 6.45) is 18.9. The van der Waals surface area contributed by atoms with E-state index in [0.717, 1.165) is 63.5 Å². The molecule has 0 heterocycles. The Balaban J connectivity index is 1.11. The van der Waals surface area contributed by atoms with E-state index in [2.05, 4.69) is 43.4 Å². The number of rotatable bonds is 9. The summed E-state index contributed by atoms with van der Waals surface area (Å²) in [4.78, 5) is 25.8. The van der Waals surface area contributed by atoms with Gasteiger partial charge in [-0.3, -0.25) is 9.59 Å². The van der Waals surface area contributed by atoms with Crippen LogP contribution >= 0.6 is 0 Å². The third kappa shape index (κ3) is 5.32. The molecule has 40 heavy (non-hydrogen) atoms. The van der Waals surface area contributed by atoms with Crippen LogP contribution in [0.5, 0.6) is 5.75 Å². The van der Waals surface area contributed by atoms with E-state index in [1.165, 1.54) is 56.9 Å². The lowest BCUT2D eigenvalue weighted by Crippen LogP contribution is -2.54. The molecule has 5 aliphatic rings. The topological polar surface area (TPSA) is 55.4 Å². The Morgan fingerprint density at radius 1 is 0.975 bits per heavy atom. The number of Topliss-reactive ketones (excluding diaryl/α,β-unsaturated/α-hetero) is 2. The average Bonchev–Trinajstić information content (AvgIpc) is 3.30. The van der Waals surface area contributed by atoms with Crippen LogP contribution in [-0.2, 0) is 9.59 Å². The fraction of sp³-hybridized carbons (Fsp3) is 0.778. The molecule has 1 aromatic rings. The number of carbonyl (C=O) groups excluding carboxylic acids is 2. The van der Waals surface area contributed by atoms with Gasteiger partial charge in [0, 0.05) is 36.8 Å². The Kier molecular flexibility index (Phi) is 8.46. The molecule has 7 atom stereocenters. The fourth-order valence-electron chi connectivity index (χ4n) is 10.4. The molecule has 0 aromatic heterocycles. The zero-order valence-electron chi connectivity index (χ0n) is 25.2. The lowest BCUT2D eigenvalue weighted by Gasteiger charge is -2.59. The standard InChI is InChI=1S/C36H53NO3/c1-3-8-33(37-27-10-5-4-6-11-27)25-9-7-12-29(23-25)40-22-21-36-20-18-31-30(32(36)15-16-34(36)39)14-13-26-24-28(38)17-19-35(26,31)2/h7,9,12,23,26-27,30-33,37H,3-6,8,10-11,13-22,24H2,1-2H3/t26?,30?,31?,32?,33?,35-,36+/m0/s1. The van der Waals surface area contributed by atoms with Crippen molar-refractivity contribution in [1.29, 1.82) is 0 Å². The van der Waals surface area contributed by atoms with E-state index in [0.29, 0.717) is 59.3 Å². The number of benzene rings is 1. The first-order chi connectivity index (χ1) is 19.4. The van der Waals surface area contributed by atoms with Crippen molar-refractivity contribution < 1.29 is 14.3 Å². The summed E-state index contributed by atoms with van der Waals surface area (Å²) >= 11 is 0. The molecule has 0 saturated heterocycles. The monoisotopic (exact) mass is 547 g/mol. The third-order valence-electron chi connectivity index (χ3n) is 12.6. The van der Waals surface area contributed by atoms with Crippen LogP contribution in [0.15, 0.2) is 24.3 Å². The highest BCUT2D eigenvalue weighted by molar-refractivity contribution is 5.87. The Hall–Kier alpha value is -1.68. The van der Waals surface area contributed by atoms with Gasteiger partial charge >= 0.3 is 0 Å². The van der Waals surface area contributed by atoms with Gasteiger partial charge in [0.1, 0.15) is 17.3 Å².